The molecule has 0 radical (unpaired) electrons. The molecule has 5 heteroatoms. The number of hydrogen-bond donors (Lipinski definition) is 1. The molecule has 0 saturated heterocycles. The van der Waals surface area contributed by atoms with Gasteiger partial charge in [-0.15, -0.1) is 0 Å². The second kappa shape index (κ2) is 6.98. The molecule has 2 aromatic carbocycles. The number of amides is 1. The Morgan fingerprint density at radius 2 is 1.65 bits per heavy atom. The lowest BCUT2D eigenvalue weighted by Crippen LogP contribution is -2.12. The molecule has 1 amide bonds. The molecule has 0 saturated carbocycles. The van der Waals surface area contributed by atoms with Crippen molar-refractivity contribution in [2.24, 2.45) is 0 Å². The second-order valence-corrected chi connectivity index (χ2v) is 5.58. The Bertz CT molecular complexity index is 608. The van der Waals surface area contributed by atoms with Gasteiger partial charge in [0.1, 0.15) is 0 Å². The molecule has 2 aromatic rings. The minimum atomic E-state index is -0.108. The average molecular weight is 329 g/mol. The predicted molar refractivity (Wildman–Crippen MR) is 84.9 cm³/mol. The molecule has 0 bridgehead atoms. The maximum atomic E-state index is 11.9. The number of carbonyl (C=O) groups excluding carboxylic acids is 1. The van der Waals surface area contributed by atoms with Gasteiger partial charge >= 0.3 is 0 Å². The quantitative estimate of drug-likeness (QED) is 0.819. The van der Waals surface area contributed by atoms with Crippen LogP contribution in [0, 0.1) is 0 Å². The molecule has 2 rings (SSSR count). The van der Waals surface area contributed by atoms with Gasteiger partial charge < -0.3 is 5.32 Å². The molecule has 2 nitrogen and oxygen atoms in total. The molecule has 0 aliphatic carbocycles. The largest absolute Gasteiger partial charge is 0.326 e. The van der Waals surface area contributed by atoms with Crippen molar-refractivity contribution >= 4 is 46.4 Å². The third-order valence-electron chi connectivity index (χ3n) is 2.73. The summed E-state index contributed by atoms with van der Waals surface area (Å²) in [6.45, 7) is 0. The summed E-state index contributed by atoms with van der Waals surface area (Å²) in [6, 6.07) is 12.4. The first-order valence-electron chi connectivity index (χ1n) is 6.04. The van der Waals surface area contributed by atoms with Gasteiger partial charge in [0.05, 0.1) is 0 Å². The molecular formula is C15H12Cl3NO. The fourth-order valence-electron chi connectivity index (χ4n) is 1.80. The van der Waals surface area contributed by atoms with Crippen LogP contribution in [-0.4, -0.2) is 5.91 Å². The minimum Gasteiger partial charge on any atom is -0.326 e. The number of halogens is 3. The molecule has 0 aliphatic rings. The molecule has 104 valence electrons. The molecule has 20 heavy (non-hydrogen) atoms. The van der Waals surface area contributed by atoms with Crippen molar-refractivity contribution in [2.75, 3.05) is 5.32 Å². The number of anilines is 1. The van der Waals surface area contributed by atoms with Crippen LogP contribution in [0.2, 0.25) is 15.1 Å². The van der Waals surface area contributed by atoms with Gasteiger partial charge in [0.15, 0.2) is 0 Å². The average Bonchev–Trinajstić information content (AvgIpc) is 2.36. The van der Waals surface area contributed by atoms with Crippen LogP contribution in [0.3, 0.4) is 0 Å². The van der Waals surface area contributed by atoms with Crippen molar-refractivity contribution in [3.8, 4) is 0 Å². The Balaban J connectivity index is 1.94. The van der Waals surface area contributed by atoms with E-state index >= 15 is 0 Å². The summed E-state index contributed by atoms with van der Waals surface area (Å²) in [6.07, 6.45) is 0.924. The first-order valence-corrected chi connectivity index (χ1v) is 7.17. The van der Waals surface area contributed by atoms with Gasteiger partial charge in [-0.05, 0) is 36.2 Å². The summed E-state index contributed by atoms with van der Waals surface area (Å²) < 4.78 is 0. The summed E-state index contributed by atoms with van der Waals surface area (Å²) in [5, 5.41) is 4.40. The fourth-order valence-corrected chi connectivity index (χ4v) is 2.56. The van der Waals surface area contributed by atoms with Crippen LogP contribution in [0.1, 0.15) is 12.0 Å². The monoisotopic (exact) mass is 327 g/mol. The Labute approximate surface area is 132 Å². The Morgan fingerprint density at radius 1 is 1.00 bits per heavy atom. The van der Waals surface area contributed by atoms with E-state index in [0.29, 0.717) is 33.6 Å². The normalized spacial score (nSPS) is 10.3. The van der Waals surface area contributed by atoms with Crippen molar-refractivity contribution in [1.29, 1.82) is 0 Å². The molecule has 0 aliphatic heterocycles. The van der Waals surface area contributed by atoms with Crippen LogP contribution >= 0.6 is 34.8 Å². The Kier molecular flexibility index (Phi) is 5.30. The van der Waals surface area contributed by atoms with E-state index in [-0.39, 0.29) is 5.91 Å². The van der Waals surface area contributed by atoms with E-state index in [2.05, 4.69) is 5.32 Å². The highest BCUT2D eigenvalue weighted by Gasteiger charge is 2.06. The third-order valence-corrected chi connectivity index (χ3v) is 3.53. The standard InChI is InChI=1S/C15H12Cl3NO/c16-11-7-12(17)9-13(8-11)19-15(20)6-5-10-3-1-2-4-14(10)18/h1-4,7-9H,5-6H2,(H,19,20). The van der Waals surface area contributed by atoms with Gasteiger partial charge in [0.25, 0.3) is 0 Å². The lowest BCUT2D eigenvalue weighted by Gasteiger charge is -2.07. The molecule has 0 atom stereocenters. The molecular weight excluding hydrogens is 317 g/mol. The van der Waals surface area contributed by atoms with E-state index in [1.165, 1.54) is 0 Å². The van der Waals surface area contributed by atoms with E-state index in [9.17, 15) is 4.79 Å². The van der Waals surface area contributed by atoms with E-state index in [1.54, 1.807) is 18.2 Å². The highest BCUT2D eigenvalue weighted by molar-refractivity contribution is 6.35. The van der Waals surface area contributed by atoms with Gasteiger partial charge in [0.2, 0.25) is 5.91 Å². The van der Waals surface area contributed by atoms with Gasteiger partial charge in [-0.2, -0.15) is 0 Å². The van der Waals surface area contributed by atoms with Crippen LogP contribution in [0.4, 0.5) is 5.69 Å². The van der Waals surface area contributed by atoms with E-state index in [0.717, 1.165) is 5.56 Å². The Hall–Kier alpha value is -1.22. The lowest BCUT2D eigenvalue weighted by molar-refractivity contribution is -0.116. The van der Waals surface area contributed by atoms with Crippen molar-refractivity contribution < 1.29 is 4.79 Å². The zero-order valence-corrected chi connectivity index (χ0v) is 12.8. The van der Waals surface area contributed by atoms with Gasteiger partial charge in [-0.25, -0.2) is 0 Å². The van der Waals surface area contributed by atoms with Crippen LogP contribution in [0.5, 0.6) is 0 Å². The van der Waals surface area contributed by atoms with E-state index < -0.39 is 0 Å². The van der Waals surface area contributed by atoms with Crippen LogP contribution in [-0.2, 0) is 11.2 Å². The van der Waals surface area contributed by atoms with Crippen molar-refractivity contribution in [3.05, 3.63) is 63.1 Å². The SMILES string of the molecule is O=C(CCc1ccccc1Cl)Nc1cc(Cl)cc(Cl)c1. The number of hydrogen-bond acceptors (Lipinski definition) is 1. The number of aryl methyl sites for hydroxylation is 1. The minimum absolute atomic E-state index is 0.108. The maximum Gasteiger partial charge on any atom is 0.224 e. The van der Waals surface area contributed by atoms with E-state index in [4.69, 9.17) is 34.8 Å². The maximum absolute atomic E-state index is 11.9. The molecule has 0 heterocycles. The zero-order chi connectivity index (χ0) is 14.5. The smallest absolute Gasteiger partial charge is 0.224 e. The summed E-state index contributed by atoms with van der Waals surface area (Å²) >= 11 is 17.8. The highest BCUT2D eigenvalue weighted by atomic mass is 35.5. The number of benzene rings is 2. The van der Waals surface area contributed by atoms with Gasteiger partial charge in [0, 0.05) is 27.2 Å². The Morgan fingerprint density at radius 3 is 2.30 bits per heavy atom. The van der Waals surface area contributed by atoms with E-state index in [1.807, 2.05) is 24.3 Å². The van der Waals surface area contributed by atoms with Gasteiger partial charge in [-0.3, -0.25) is 4.79 Å². The topological polar surface area (TPSA) is 29.1 Å². The predicted octanol–water partition coefficient (Wildman–Crippen LogP) is 5.22. The molecule has 0 fully saturated rings. The fraction of sp³-hybridized carbons (Fsp3) is 0.133. The van der Waals surface area contributed by atoms with Crippen LogP contribution < -0.4 is 5.32 Å². The molecule has 0 spiro atoms. The summed E-state index contributed by atoms with van der Waals surface area (Å²) in [5.74, 6) is -0.108. The first-order chi connectivity index (χ1) is 9.54. The van der Waals surface area contributed by atoms with Crippen molar-refractivity contribution in [1.82, 2.24) is 0 Å². The summed E-state index contributed by atoms with van der Waals surface area (Å²) in [5.41, 5.74) is 1.54. The zero-order valence-electron chi connectivity index (χ0n) is 10.5. The lowest BCUT2D eigenvalue weighted by atomic mass is 10.1. The summed E-state index contributed by atoms with van der Waals surface area (Å²) in [7, 11) is 0. The third kappa shape index (κ3) is 4.41. The van der Waals surface area contributed by atoms with Crippen molar-refractivity contribution in [3.63, 3.8) is 0 Å². The number of rotatable bonds is 4. The number of nitrogens with one attached hydrogen (secondary N) is 1. The summed E-state index contributed by atoms with van der Waals surface area (Å²) in [4.78, 5) is 11.9. The molecule has 1 N–H and O–H groups in total. The van der Waals surface area contributed by atoms with Crippen LogP contribution in [0.25, 0.3) is 0 Å². The number of carbonyl (C=O) groups is 1. The van der Waals surface area contributed by atoms with Gasteiger partial charge in [-0.1, -0.05) is 53.0 Å². The van der Waals surface area contributed by atoms with Crippen molar-refractivity contribution in [2.45, 2.75) is 12.8 Å². The first kappa shape index (κ1) is 15.2. The molecule has 0 aromatic heterocycles. The second-order valence-electron chi connectivity index (χ2n) is 4.30. The molecule has 0 unspecified atom stereocenters. The van der Waals surface area contributed by atoms with Crippen LogP contribution in [0.15, 0.2) is 42.5 Å². The highest BCUT2D eigenvalue weighted by Crippen LogP contribution is 2.23.